The second kappa shape index (κ2) is 11.6. The highest BCUT2D eigenvalue weighted by atomic mass is 16.5. The van der Waals surface area contributed by atoms with Crippen LogP contribution in [0.15, 0.2) is 188 Å². The maximum absolute atomic E-state index is 8.32. The third-order valence-electron chi connectivity index (χ3n) is 10.3. The first kappa shape index (κ1) is 26.6. The van der Waals surface area contributed by atoms with Gasteiger partial charge in [0.1, 0.15) is 11.5 Å². The maximum Gasteiger partial charge on any atom is 0.250 e. The fraction of sp³-hybridized carbons (Fsp3) is 0. The lowest BCUT2D eigenvalue weighted by atomic mass is 9.36. The number of benzene rings is 9. The smallest absolute Gasteiger partial charge is 0.250 e. The number of rotatable bonds is 4. The standard InChI is InChI=1S/C48H31BO/c1-2-16-38(17-3-1)49-45-22-8-9-23-47(45)50-48-31-37(25-27-46(48)49)35-15-11-13-33(29-35)32-12-10-14-34(28-32)36-24-26-43-41-20-5-4-18-39(41)40-19-6-7-21-42(40)44(43)30-36/h1-31H/i4D,6D. The molecule has 1 nitrogen and oxygen atoms in total. The predicted molar refractivity (Wildman–Crippen MR) is 213 cm³/mol. The summed E-state index contributed by atoms with van der Waals surface area (Å²) in [7, 11) is 0. The van der Waals surface area contributed by atoms with Gasteiger partial charge in [0, 0.05) is 0 Å². The van der Waals surface area contributed by atoms with E-state index < -0.39 is 0 Å². The molecular weight excluding hydrogens is 603 g/mol. The van der Waals surface area contributed by atoms with Crippen molar-refractivity contribution in [2.45, 2.75) is 0 Å². The third-order valence-corrected chi connectivity index (χ3v) is 10.3. The Labute approximate surface area is 295 Å². The van der Waals surface area contributed by atoms with Crippen molar-refractivity contribution in [2.24, 2.45) is 0 Å². The molecule has 232 valence electrons. The summed E-state index contributed by atoms with van der Waals surface area (Å²) < 4.78 is 23.1. The predicted octanol–water partition coefficient (Wildman–Crippen LogP) is 10.8. The van der Waals surface area contributed by atoms with Gasteiger partial charge in [-0.15, -0.1) is 0 Å². The van der Waals surface area contributed by atoms with E-state index >= 15 is 0 Å². The zero-order valence-corrected chi connectivity index (χ0v) is 27.2. The summed E-state index contributed by atoms with van der Waals surface area (Å²) in [5.74, 6) is 1.80. The Bertz CT molecular complexity index is 2860. The van der Waals surface area contributed by atoms with Crippen molar-refractivity contribution < 1.29 is 7.48 Å². The second-order valence-corrected chi connectivity index (χ2v) is 13.1. The number of para-hydroxylation sites is 1. The summed E-state index contributed by atoms with van der Waals surface area (Å²) in [4.78, 5) is 0. The van der Waals surface area contributed by atoms with Gasteiger partial charge in [-0.3, -0.25) is 0 Å². The van der Waals surface area contributed by atoms with Crippen LogP contribution >= 0.6 is 0 Å². The van der Waals surface area contributed by atoms with Gasteiger partial charge in [0.15, 0.2) is 0 Å². The minimum atomic E-state index is 0.113. The van der Waals surface area contributed by atoms with Crippen LogP contribution in [0.1, 0.15) is 2.74 Å². The van der Waals surface area contributed by atoms with E-state index in [0.29, 0.717) is 12.1 Å². The molecule has 0 N–H and O–H groups in total. The maximum atomic E-state index is 8.32. The van der Waals surface area contributed by atoms with Crippen molar-refractivity contribution in [3.05, 3.63) is 188 Å². The lowest BCUT2D eigenvalue weighted by Crippen LogP contribution is -2.54. The Morgan fingerprint density at radius 3 is 1.56 bits per heavy atom. The molecule has 2 heteroatoms. The molecule has 0 fully saturated rings. The van der Waals surface area contributed by atoms with Gasteiger partial charge in [0.05, 0.1) is 2.74 Å². The van der Waals surface area contributed by atoms with Crippen LogP contribution in [-0.2, 0) is 0 Å². The molecule has 9 aromatic carbocycles. The first-order valence-electron chi connectivity index (χ1n) is 18.1. The van der Waals surface area contributed by atoms with Crippen molar-refractivity contribution in [3.8, 4) is 44.9 Å². The van der Waals surface area contributed by atoms with Gasteiger partial charge < -0.3 is 4.74 Å². The molecule has 1 aliphatic rings. The largest absolute Gasteiger partial charge is 0.458 e. The van der Waals surface area contributed by atoms with E-state index in [1.807, 2.05) is 42.5 Å². The fourth-order valence-corrected chi connectivity index (χ4v) is 7.86. The molecule has 0 aromatic heterocycles. The van der Waals surface area contributed by atoms with Crippen molar-refractivity contribution >= 4 is 55.4 Å². The molecule has 0 atom stereocenters. The van der Waals surface area contributed by atoms with Crippen molar-refractivity contribution in [1.82, 2.24) is 0 Å². The molecule has 0 spiro atoms. The Morgan fingerprint density at radius 1 is 0.340 bits per heavy atom. The molecule has 10 rings (SSSR count). The highest BCUT2D eigenvalue weighted by Gasteiger charge is 2.32. The number of hydrogen-bond acceptors (Lipinski definition) is 1. The minimum Gasteiger partial charge on any atom is -0.458 e. The summed E-state index contributed by atoms with van der Waals surface area (Å²) in [5.41, 5.74) is 10.5. The van der Waals surface area contributed by atoms with Gasteiger partial charge in [-0.05, 0) is 107 Å². The topological polar surface area (TPSA) is 9.23 Å². The summed E-state index contributed by atoms with van der Waals surface area (Å²) in [6.07, 6.45) is 0. The third kappa shape index (κ3) is 4.72. The van der Waals surface area contributed by atoms with Crippen LogP contribution in [0.2, 0.25) is 0 Å². The molecule has 0 saturated heterocycles. The van der Waals surface area contributed by atoms with Gasteiger partial charge >= 0.3 is 0 Å². The van der Waals surface area contributed by atoms with Crippen LogP contribution in [-0.4, -0.2) is 6.71 Å². The number of ether oxygens (including phenoxy) is 1. The lowest BCUT2D eigenvalue weighted by molar-refractivity contribution is 0.487. The molecular formula is C48H31BO. The zero-order valence-electron chi connectivity index (χ0n) is 29.2. The summed E-state index contributed by atoms with van der Waals surface area (Å²) in [5, 5.41) is 6.54. The number of fused-ring (bicyclic) bond motifs is 8. The Morgan fingerprint density at radius 2 is 0.860 bits per heavy atom. The number of hydrogen-bond donors (Lipinski definition) is 0. The van der Waals surface area contributed by atoms with Crippen molar-refractivity contribution in [2.75, 3.05) is 0 Å². The molecule has 0 radical (unpaired) electrons. The summed E-state index contributed by atoms with van der Waals surface area (Å²) in [6, 6.07) is 62.5. The van der Waals surface area contributed by atoms with E-state index in [1.165, 1.54) is 16.4 Å². The summed E-state index contributed by atoms with van der Waals surface area (Å²) >= 11 is 0. The van der Waals surface area contributed by atoms with Crippen molar-refractivity contribution in [1.29, 1.82) is 0 Å². The van der Waals surface area contributed by atoms with E-state index in [2.05, 4.69) is 133 Å². The van der Waals surface area contributed by atoms with E-state index in [9.17, 15) is 0 Å². The van der Waals surface area contributed by atoms with Crippen LogP contribution in [0.3, 0.4) is 0 Å². The van der Waals surface area contributed by atoms with Gasteiger partial charge in [-0.1, -0.05) is 163 Å². The average molecular weight is 637 g/mol. The molecule has 0 unspecified atom stereocenters. The quantitative estimate of drug-likeness (QED) is 0.138. The molecule has 0 aliphatic carbocycles. The Kier molecular flexibility index (Phi) is 6.19. The normalized spacial score (nSPS) is 12.7. The zero-order chi connectivity index (χ0) is 34.8. The monoisotopic (exact) mass is 636 g/mol. The van der Waals surface area contributed by atoms with Crippen LogP contribution < -0.4 is 21.1 Å². The molecule has 0 amide bonds. The molecule has 0 saturated carbocycles. The Hall–Kier alpha value is -6.38. The van der Waals surface area contributed by atoms with E-state index in [0.717, 1.165) is 77.2 Å². The van der Waals surface area contributed by atoms with E-state index in [4.69, 9.17) is 7.48 Å². The lowest BCUT2D eigenvalue weighted by Gasteiger charge is -2.27. The Balaban J connectivity index is 1.03. The SMILES string of the molecule is [2H]c1ccc2c3ccc(-c4cccc(-c5cccc(-c6ccc7c(c6)Oc6ccccc6B7c6ccccc6)c5)c4)cc3c3ccc([2H])cc3c2c1. The molecule has 50 heavy (non-hydrogen) atoms. The van der Waals surface area contributed by atoms with E-state index in [1.54, 1.807) is 0 Å². The molecule has 9 aromatic rings. The second-order valence-electron chi connectivity index (χ2n) is 13.1. The van der Waals surface area contributed by atoms with Crippen molar-refractivity contribution in [3.63, 3.8) is 0 Å². The van der Waals surface area contributed by atoms with Gasteiger partial charge in [-0.25, -0.2) is 0 Å². The van der Waals surface area contributed by atoms with Crippen LogP contribution in [0.4, 0.5) is 0 Å². The van der Waals surface area contributed by atoms with Crippen LogP contribution in [0, 0.1) is 0 Å². The first-order valence-corrected chi connectivity index (χ1v) is 17.1. The van der Waals surface area contributed by atoms with Crippen LogP contribution in [0.5, 0.6) is 11.5 Å². The highest BCUT2D eigenvalue weighted by molar-refractivity contribution is 6.96. The molecule has 1 aliphatic heterocycles. The van der Waals surface area contributed by atoms with E-state index in [-0.39, 0.29) is 6.71 Å². The highest BCUT2D eigenvalue weighted by Crippen LogP contribution is 2.38. The summed E-state index contributed by atoms with van der Waals surface area (Å²) in [6.45, 7) is 0.113. The molecule has 0 bridgehead atoms. The van der Waals surface area contributed by atoms with Gasteiger partial charge in [-0.2, -0.15) is 0 Å². The van der Waals surface area contributed by atoms with Gasteiger partial charge in [0.2, 0.25) is 0 Å². The molecule has 1 heterocycles. The minimum absolute atomic E-state index is 0.113. The first-order chi connectivity index (χ1) is 25.6. The average Bonchev–Trinajstić information content (AvgIpc) is 3.20. The van der Waals surface area contributed by atoms with Gasteiger partial charge in [0.25, 0.3) is 6.71 Å². The van der Waals surface area contributed by atoms with Crippen LogP contribution in [0.25, 0.3) is 65.7 Å². The fourth-order valence-electron chi connectivity index (χ4n) is 7.86.